The molecule has 27 heavy (non-hydrogen) atoms. The number of benzene rings is 2. The van der Waals surface area contributed by atoms with Crippen LogP contribution in [0.1, 0.15) is 15.9 Å². The van der Waals surface area contributed by atoms with Gasteiger partial charge >= 0.3 is 0 Å². The molecule has 0 atom stereocenters. The Balaban J connectivity index is 1.51. The third kappa shape index (κ3) is 5.46. The first kappa shape index (κ1) is 18.7. The third-order valence-electron chi connectivity index (χ3n) is 3.99. The molecule has 138 valence electrons. The summed E-state index contributed by atoms with van der Waals surface area (Å²) < 4.78 is 5.09. The van der Waals surface area contributed by atoms with Gasteiger partial charge in [0.2, 0.25) is 0 Å². The van der Waals surface area contributed by atoms with Crippen molar-refractivity contribution in [1.29, 1.82) is 0 Å². The summed E-state index contributed by atoms with van der Waals surface area (Å²) in [4.78, 5) is 16.5. The van der Waals surface area contributed by atoms with Crippen LogP contribution < -0.4 is 15.4 Å². The number of amides is 1. The van der Waals surface area contributed by atoms with Crippen LogP contribution in [0, 0.1) is 0 Å². The first-order chi connectivity index (χ1) is 13.1. The molecule has 6 heteroatoms. The van der Waals surface area contributed by atoms with Crippen LogP contribution in [0.3, 0.4) is 0 Å². The summed E-state index contributed by atoms with van der Waals surface area (Å²) >= 11 is 5.99. The standard InChI is InChI=1S/C21H20ClN3O2/c1-27-19-8-5-16(6-9-19)21(26)25-20-10-7-18(14-24-20)23-12-11-15-3-2-4-17(22)13-15/h2-10,13-14,23H,11-12H2,1H3,(H,24,25,26). The van der Waals surface area contributed by atoms with Crippen molar-refractivity contribution in [2.75, 3.05) is 24.3 Å². The fourth-order valence-electron chi connectivity index (χ4n) is 2.55. The van der Waals surface area contributed by atoms with Crippen molar-refractivity contribution in [1.82, 2.24) is 4.98 Å². The van der Waals surface area contributed by atoms with E-state index in [2.05, 4.69) is 15.6 Å². The van der Waals surface area contributed by atoms with Crippen molar-refractivity contribution in [3.63, 3.8) is 0 Å². The highest BCUT2D eigenvalue weighted by atomic mass is 35.5. The van der Waals surface area contributed by atoms with Crippen LogP contribution in [0.5, 0.6) is 5.75 Å². The SMILES string of the molecule is COc1ccc(C(=O)Nc2ccc(NCCc3cccc(Cl)c3)cn2)cc1. The summed E-state index contributed by atoms with van der Waals surface area (Å²) in [6.07, 6.45) is 2.55. The minimum atomic E-state index is -0.216. The zero-order valence-electron chi connectivity index (χ0n) is 14.9. The summed E-state index contributed by atoms with van der Waals surface area (Å²) in [6, 6.07) is 18.4. The number of aromatic nitrogens is 1. The van der Waals surface area contributed by atoms with E-state index in [1.165, 1.54) is 5.56 Å². The number of hydrogen-bond donors (Lipinski definition) is 2. The van der Waals surface area contributed by atoms with E-state index in [-0.39, 0.29) is 5.91 Å². The smallest absolute Gasteiger partial charge is 0.256 e. The van der Waals surface area contributed by atoms with E-state index in [1.807, 2.05) is 30.3 Å². The number of rotatable bonds is 7. The number of carbonyl (C=O) groups is 1. The van der Waals surface area contributed by atoms with Crippen molar-refractivity contribution in [3.05, 3.63) is 83.0 Å². The highest BCUT2D eigenvalue weighted by Gasteiger charge is 2.07. The number of hydrogen-bond acceptors (Lipinski definition) is 4. The van der Waals surface area contributed by atoms with Gasteiger partial charge < -0.3 is 15.4 Å². The van der Waals surface area contributed by atoms with Gasteiger partial charge in [0, 0.05) is 17.1 Å². The Morgan fingerprint density at radius 2 is 1.93 bits per heavy atom. The first-order valence-electron chi connectivity index (χ1n) is 8.54. The van der Waals surface area contributed by atoms with Gasteiger partial charge in [0.15, 0.2) is 0 Å². The quantitative estimate of drug-likeness (QED) is 0.625. The Kier molecular flexibility index (Phi) is 6.28. The second kappa shape index (κ2) is 9.05. The second-order valence-electron chi connectivity index (χ2n) is 5.92. The number of halogens is 1. The fraction of sp³-hybridized carbons (Fsp3) is 0.143. The van der Waals surface area contributed by atoms with Crippen molar-refractivity contribution in [3.8, 4) is 5.75 Å². The number of nitrogens with zero attached hydrogens (tertiary/aromatic N) is 1. The molecule has 1 amide bonds. The average molecular weight is 382 g/mol. The van der Waals surface area contributed by atoms with E-state index in [0.717, 1.165) is 23.7 Å². The van der Waals surface area contributed by atoms with Crippen molar-refractivity contribution >= 4 is 29.0 Å². The van der Waals surface area contributed by atoms with Gasteiger partial charge in [-0.25, -0.2) is 4.98 Å². The number of anilines is 2. The van der Waals surface area contributed by atoms with Crippen LogP contribution in [0.25, 0.3) is 0 Å². The predicted octanol–water partition coefficient (Wildman–Crippen LogP) is 4.65. The molecule has 5 nitrogen and oxygen atoms in total. The number of nitrogens with one attached hydrogen (secondary N) is 2. The van der Waals surface area contributed by atoms with Gasteiger partial charge in [0.05, 0.1) is 19.0 Å². The number of pyridine rings is 1. The van der Waals surface area contributed by atoms with Crippen LogP contribution >= 0.6 is 11.6 Å². The van der Waals surface area contributed by atoms with Gasteiger partial charge in [-0.15, -0.1) is 0 Å². The highest BCUT2D eigenvalue weighted by molar-refractivity contribution is 6.30. The van der Waals surface area contributed by atoms with Gasteiger partial charge in [0.1, 0.15) is 11.6 Å². The van der Waals surface area contributed by atoms with E-state index < -0.39 is 0 Å². The third-order valence-corrected chi connectivity index (χ3v) is 4.22. The summed E-state index contributed by atoms with van der Waals surface area (Å²) in [7, 11) is 1.59. The Morgan fingerprint density at radius 1 is 1.11 bits per heavy atom. The lowest BCUT2D eigenvalue weighted by Gasteiger charge is -2.08. The molecule has 1 heterocycles. The summed E-state index contributed by atoms with van der Waals surface area (Å²) in [5.74, 6) is 0.987. The largest absolute Gasteiger partial charge is 0.497 e. The predicted molar refractivity (Wildman–Crippen MR) is 109 cm³/mol. The van der Waals surface area contributed by atoms with Crippen molar-refractivity contribution in [2.24, 2.45) is 0 Å². The Labute approximate surface area is 163 Å². The van der Waals surface area contributed by atoms with Crippen LogP contribution in [-0.2, 0) is 6.42 Å². The Morgan fingerprint density at radius 3 is 2.59 bits per heavy atom. The topological polar surface area (TPSA) is 63.2 Å². The summed E-state index contributed by atoms with van der Waals surface area (Å²) in [5.41, 5.74) is 2.60. The van der Waals surface area contributed by atoms with Crippen LogP contribution in [0.2, 0.25) is 5.02 Å². The van der Waals surface area contributed by atoms with Crippen molar-refractivity contribution < 1.29 is 9.53 Å². The van der Waals surface area contributed by atoms with E-state index in [9.17, 15) is 4.79 Å². The number of methoxy groups -OCH3 is 1. The molecule has 0 aliphatic heterocycles. The Hall–Kier alpha value is -3.05. The monoisotopic (exact) mass is 381 g/mol. The van der Waals surface area contributed by atoms with E-state index >= 15 is 0 Å². The molecule has 1 aromatic heterocycles. The van der Waals surface area contributed by atoms with Gasteiger partial charge in [-0.2, -0.15) is 0 Å². The molecular weight excluding hydrogens is 362 g/mol. The maximum atomic E-state index is 12.2. The van der Waals surface area contributed by atoms with E-state index in [1.54, 1.807) is 43.6 Å². The molecule has 3 aromatic rings. The molecule has 0 radical (unpaired) electrons. The summed E-state index contributed by atoms with van der Waals surface area (Å²) in [6.45, 7) is 0.763. The molecule has 2 aromatic carbocycles. The molecule has 0 aliphatic carbocycles. The normalized spacial score (nSPS) is 10.3. The molecule has 0 unspecified atom stereocenters. The van der Waals surface area contributed by atoms with Crippen LogP contribution in [-0.4, -0.2) is 24.5 Å². The lowest BCUT2D eigenvalue weighted by molar-refractivity contribution is 0.102. The maximum Gasteiger partial charge on any atom is 0.256 e. The van der Waals surface area contributed by atoms with Gasteiger partial charge in [-0.1, -0.05) is 23.7 Å². The molecule has 3 rings (SSSR count). The lowest BCUT2D eigenvalue weighted by atomic mass is 10.1. The highest BCUT2D eigenvalue weighted by Crippen LogP contribution is 2.15. The van der Waals surface area contributed by atoms with E-state index in [0.29, 0.717) is 17.1 Å². The second-order valence-corrected chi connectivity index (χ2v) is 6.36. The number of carbonyl (C=O) groups excluding carboxylic acids is 1. The van der Waals surface area contributed by atoms with Gasteiger partial charge in [-0.3, -0.25) is 4.79 Å². The van der Waals surface area contributed by atoms with Gasteiger partial charge in [0.25, 0.3) is 5.91 Å². The molecule has 0 bridgehead atoms. The maximum absolute atomic E-state index is 12.2. The Bertz CT molecular complexity index is 896. The zero-order chi connectivity index (χ0) is 19.1. The number of ether oxygens (including phenoxy) is 1. The summed E-state index contributed by atoms with van der Waals surface area (Å²) in [5, 5.41) is 6.82. The molecule has 0 fully saturated rings. The molecule has 0 saturated carbocycles. The first-order valence-corrected chi connectivity index (χ1v) is 8.91. The lowest BCUT2D eigenvalue weighted by Crippen LogP contribution is -2.13. The molecule has 0 aliphatic rings. The molecular formula is C21H20ClN3O2. The van der Waals surface area contributed by atoms with Crippen molar-refractivity contribution in [2.45, 2.75) is 6.42 Å². The van der Waals surface area contributed by atoms with Crippen LogP contribution in [0.15, 0.2) is 66.9 Å². The minimum Gasteiger partial charge on any atom is -0.497 e. The van der Waals surface area contributed by atoms with E-state index in [4.69, 9.17) is 16.3 Å². The molecule has 0 spiro atoms. The molecule has 0 saturated heterocycles. The zero-order valence-corrected chi connectivity index (χ0v) is 15.7. The minimum absolute atomic E-state index is 0.216. The fourth-order valence-corrected chi connectivity index (χ4v) is 2.76. The van der Waals surface area contributed by atoms with Gasteiger partial charge in [-0.05, 0) is 60.5 Å². The van der Waals surface area contributed by atoms with Crippen LogP contribution in [0.4, 0.5) is 11.5 Å². The average Bonchev–Trinajstić information content (AvgIpc) is 2.69. The molecule has 2 N–H and O–H groups in total.